The standard InChI is InChI=1S/C29H42N6O3/c1-21(2)19-34-15-7-10-27(37)35(16-13-22-8-5-4-6-9-22)20-26(36)31-23-11-12-25-24(18-23)28(32-33(25)3)29(38)30-14-17-34/h4-6,8-9,21,23H,7,10-20H2,1-3H3,(H,30,38)(H,31,36). The van der Waals surface area contributed by atoms with E-state index in [2.05, 4.69) is 46.6 Å². The fourth-order valence-electron chi connectivity index (χ4n) is 5.58. The summed E-state index contributed by atoms with van der Waals surface area (Å²) in [7, 11) is 1.88. The Morgan fingerprint density at radius 3 is 2.63 bits per heavy atom. The van der Waals surface area contributed by atoms with Gasteiger partial charge in [-0.15, -0.1) is 0 Å². The highest BCUT2D eigenvalue weighted by atomic mass is 16.2. The number of hydrogen-bond acceptors (Lipinski definition) is 5. The number of hydrogen-bond donors (Lipinski definition) is 2. The van der Waals surface area contributed by atoms with Crippen molar-refractivity contribution in [3.05, 3.63) is 52.8 Å². The van der Waals surface area contributed by atoms with E-state index in [-0.39, 0.29) is 30.3 Å². The Morgan fingerprint density at radius 1 is 1.08 bits per heavy atom. The minimum absolute atomic E-state index is 0.0127. The van der Waals surface area contributed by atoms with Gasteiger partial charge in [0.05, 0.1) is 6.54 Å². The number of fused-ring (bicyclic) bond motifs is 1. The van der Waals surface area contributed by atoms with Crippen molar-refractivity contribution in [2.75, 3.05) is 39.3 Å². The summed E-state index contributed by atoms with van der Waals surface area (Å²) in [5.41, 5.74) is 3.58. The summed E-state index contributed by atoms with van der Waals surface area (Å²) in [5.74, 6) is 0.172. The lowest BCUT2D eigenvalue weighted by atomic mass is 9.91. The first-order chi connectivity index (χ1) is 18.3. The zero-order chi connectivity index (χ0) is 27.1. The molecule has 0 spiro atoms. The molecule has 3 amide bonds. The maximum Gasteiger partial charge on any atom is 0.272 e. The third-order valence-electron chi connectivity index (χ3n) is 7.44. The normalized spacial score (nSPS) is 20.3. The molecule has 9 nitrogen and oxygen atoms in total. The third-order valence-corrected chi connectivity index (χ3v) is 7.44. The van der Waals surface area contributed by atoms with Gasteiger partial charge in [-0.2, -0.15) is 5.10 Å². The SMILES string of the molecule is CC(C)CN1CCCC(=O)N(CCc2ccccc2)CC(=O)NC2CCc3c(c(nn3C)C(=O)NCC1)C2. The maximum absolute atomic E-state index is 13.3. The molecule has 0 radical (unpaired) electrons. The van der Waals surface area contributed by atoms with Crippen molar-refractivity contribution in [2.45, 2.75) is 58.4 Å². The van der Waals surface area contributed by atoms with Crippen LogP contribution in [0.5, 0.6) is 0 Å². The van der Waals surface area contributed by atoms with E-state index in [4.69, 9.17) is 0 Å². The van der Waals surface area contributed by atoms with Crippen molar-refractivity contribution < 1.29 is 14.4 Å². The second kappa shape index (κ2) is 13.0. The molecule has 1 unspecified atom stereocenters. The number of rotatable bonds is 5. The van der Waals surface area contributed by atoms with Gasteiger partial charge in [0.25, 0.3) is 5.91 Å². The van der Waals surface area contributed by atoms with Gasteiger partial charge in [-0.3, -0.25) is 19.1 Å². The Kier molecular flexibility index (Phi) is 9.55. The van der Waals surface area contributed by atoms with Crippen LogP contribution < -0.4 is 10.6 Å². The number of aryl methyl sites for hydroxylation is 1. The van der Waals surface area contributed by atoms with Crippen LogP contribution in [0.4, 0.5) is 0 Å². The highest BCUT2D eigenvalue weighted by molar-refractivity contribution is 5.94. The highest BCUT2D eigenvalue weighted by Gasteiger charge is 2.30. The van der Waals surface area contributed by atoms with Gasteiger partial charge in [-0.05, 0) is 50.1 Å². The fourth-order valence-corrected chi connectivity index (χ4v) is 5.58. The molecule has 1 aromatic heterocycles. The van der Waals surface area contributed by atoms with Gasteiger partial charge in [0.15, 0.2) is 5.69 Å². The first-order valence-corrected chi connectivity index (χ1v) is 14.0. The lowest BCUT2D eigenvalue weighted by Gasteiger charge is -2.27. The fraction of sp³-hybridized carbons (Fsp3) is 0.586. The zero-order valence-electron chi connectivity index (χ0n) is 23.0. The Hall–Kier alpha value is -3.20. The van der Waals surface area contributed by atoms with Crippen molar-refractivity contribution in [3.63, 3.8) is 0 Å². The van der Waals surface area contributed by atoms with E-state index >= 15 is 0 Å². The number of amides is 3. The number of benzene rings is 1. The molecule has 2 N–H and O–H groups in total. The molecule has 0 fully saturated rings. The minimum Gasteiger partial charge on any atom is -0.351 e. The molecule has 1 aliphatic carbocycles. The van der Waals surface area contributed by atoms with Crippen LogP contribution in [0.3, 0.4) is 0 Å². The summed E-state index contributed by atoms with van der Waals surface area (Å²) >= 11 is 0. The molecule has 0 saturated heterocycles. The molecule has 0 saturated carbocycles. The molecular formula is C29H42N6O3. The van der Waals surface area contributed by atoms with Gasteiger partial charge in [0.2, 0.25) is 11.8 Å². The lowest BCUT2D eigenvalue weighted by Crippen LogP contribution is -2.46. The van der Waals surface area contributed by atoms with Crippen molar-refractivity contribution in [1.29, 1.82) is 0 Å². The van der Waals surface area contributed by atoms with E-state index in [1.54, 1.807) is 9.58 Å². The average Bonchev–Trinajstić information content (AvgIpc) is 3.21. The Bertz CT molecular complexity index is 1110. The van der Waals surface area contributed by atoms with Gasteiger partial charge in [0, 0.05) is 56.9 Å². The molecule has 2 bridgehead atoms. The van der Waals surface area contributed by atoms with E-state index in [0.29, 0.717) is 56.9 Å². The van der Waals surface area contributed by atoms with E-state index in [9.17, 15) is 14.4 Å². The van der Waals surface area contributed by atoms with E-state index in [0.717, 1.165) is 42.8 Å². The molecule has 1 atom stereocenters. The molecule has 1 aliphatic heterocycles. The monoisotopic (exact) mass is 522 g/mol. The van der Waals surface area contributed by atoms with E-state index in [1.165, 1.54) is 0 Å². The molecule has 38 heavy (non-hydrogen) atoms. The van der Waals surface area contributed by atoms with Crippen LogP contribution in [0, 0.1) is 5.92 Å². The number of carbonyl (C=O) groups is 3. The van der Waals surface area contributed by atoms with Crippen LogP contribution in [-0.4, -0.2) is 82.6 Å². The zero-order valence-corrected chi connectivity index (χ0v) is 23.0. The van der Waals surface area contributed by atoms with Crippen molar-refractivity contribution >= 4 is 17.7 Å². The van der Waals surface area contributed by atoms with Crippen LogP contribution >= 0.6 is 0 Å². The first kappa shape index (κ1) is 27.8. The lowest BCUT2D eigenvalue weighted by molar-refractivity contribution is -0.136. The molecule has 2 heterocycles. The summed E-state index contributed by atoms with van der Waals surface area (Å²) in [4.78, 5) is 43.5. The van der Waals surface area contributed by atoms with Crippen LogP contribution in [0.1, 0.15) is 60.4 Å². The Morgan fingerprint density at radius 2 is 1.87 bits per heavy atom. The predicted molar refractivity (Wildman–Crippen MR) is 147 cm³/mol. The molecule has 206 valence electrons. The smallest absolute Gasteiger partial charge is 0.272 e. The molecule has 2 aromatic rings. The molecular weight excluding hydrogens is 480 g/mol. The van der Waals surface area contributed by atoms with Gasteiger partial charge in [-0.25, -0.2) is 0 Å². The van der Waals surface area contributed by atoms with E-state index < -0.39 is 0 Å². The third kappa shape index (κ3) is 7.43. The van der Waals surface area contributed by atoms with Crippen molar-refractivity contribution in [1.82, 2.24) is 30.2 Å². The minimum atomic E-state index is -0.162. The van der Waals surface area contributed by atoms with Gasteiger partial charge in [-0.1, -0.05) is 44.2 Å². The molecule has 4 rings (SSSR count). The first-order valence-electron chi connectivity index (χ1n) is 14.0. The second-order valence-electron chi connectivity index (χ2n) is 11.0. The molecule has 1 aromatic carbocycles. The molecule has 9 heteroatoms. The number of nitrogens with one attached hydrogen (secondary N) is 2. The predicted octanol–water partition coefficient (Wildman–Crippen LogP) is 1.95. The van der Waals surface area contributed by atoms with Gasteiger partial charge >= 0.3 is 0 Å². The summed E-state index contributed by atoms with van der Waals surface area (Å²) in [5, 5.41) is 10.7. The summed E-state index contributed by atoms with van der Waals surface area (Å²) in [6, 6.07) is 9.98. The van der Waals surface area contributed by atoms with E-state index in [1.807, 2.05) is 25.2 Å². The summed E-state index contributed by atoms with van der Waals surface area (Å²) in [6.07, 6.45) is 3.90. The van der Waals surface area contributed by atoms with Crippen LogP contribution in [-0.2, 0) is 35.9 Å². The summed E-state index contributed by atoms with van der Waals surface area (Å²) in [6.45, 7) is 7.79. The second-order valence-corrected chi connectivity index (χ2v) is 11.0. The van der Waals surface area contributed by atoms with Gasteiger partial charge < -0.3 is 20.4 Å². The number of aromatic nitrogens is 2. The van der Waals surface area contributed by atoms with Crippen LogP contribution in [0.25, 0.3) is 0 Å². The van der Waals surface area contributed by atoms with Crippen LogP contribution in [0.2, 0.25) is 0 Å². The summed E-state index contributed by atoms with van der Waals surface area (Å²) < 4.78 is 1.80. The van der Waals surface area contributed by atoms with Crippen LogP contribution in [0.15, 0.2) is 30.3 Å². The van der Waals surface area contributed by atoms with Crippen molar-refractivity contribution in [2.24, 2.45) is 13.0 Å². The number of carbonyl (C=O) groups excluding carboxylic acids is 3. The Labute approximate surface area is 225 Å². The quantitative estimate of drug-likeness (QED) is 0.625. The Balaban J connectivity index is 1.53. The number of nitrogens with zero attached hydrogens (tertiary/aromatic N) is 4. The molecule has 2 aliphatic rings. The topological polar surface area (TPSA) is 99.6 Å². The average molecular weight is 523 g/mol. The maximum atomic E-state index is 13.3. The van der Waals surface area contributed by atoms with Crippen molar-refractivity contribution in [3.8, 4) is 0 Å². The highest BCUT2D eigenvalue weighted by Crippen LogP contribution is 2.24. The van der Waals surface area contributed by atoms with Gasteiger partial charge in [0.1, 0.15) is 0 Å². The largest absolute Gasteiger partial charge is 0.351 e.